The van der Waals surface area contributed by atoms with Crippen LogP contribution in [-0.2, 0) is 14.3 Å². The fourth-order valence-electron chi connectivity index (χ4n) is 5.33. The molecule has 4 N–H and O–H groups in total. The van der Waals surface area contributed by atoms with E-state index < -0.39 is 23.4 Å². The van der Waals surface area contributed by atoms with Crippen LogP contribution in [0.5, 0.6) is 0 Å². The molecule has 0 saturated heterocycles. The molecule has 0 aliphatic carbocycles. The number of nitrogens with two attached hydrogens (primary N) is 1. The zero-order chi connectivity index (χ0) is 34.7. The Morgan fingerprint density at radius 2 is 1.06 bits per heavy atom. The van der Waals surface area contributed by atoms with E-state index in [9.17, 15) is 19.2 Å². The topological polar surface area (TPSA) is 137 Å². The molecule has 0 aromatic heterocycles. The van der Waals surface area contributed by atoms with Crippen LogP contribution in [0.2, 0.25) is 0 Å². The zero-order valence-electron chi connectivity index (χ0n) is 29.3. The fraction of sp³-hybridized carbons (Fsp3) is 0.579. The van der Waals surface area contributed by atoms with Crippen molar-refractivity contribution in [2.75, 3.05) is 23.5 Å². The molecule has 9 nitrogen and oxygen atoms in total. The Morgan fingerprint density at radius 3 is 1.55 bits per heavy atom. The van der Waals surface area contributed by atoms with Gasteiger partial charge in [-0.1, -0.05) is 96.8 Å². The Hall–Kier alpha value is -3.88. The number of carbonyl (C=O) groups excluding carboxylic acids is 4. The molecule has 0 unspecified atom stereocenters. The predicted molar refractivity (Wildman–Crippen MR) is 190 cm³/mol. The minimum Gasteiger partial charge on any atom is -0.465 e. The first kappa shape index (κ1) is 39.3. The lowest BCUT2D eigenvalue weighted by molar-refractivity contribution is -0.116. The summed E-state index contributed by atoms with van der Waals surface area (Å²) in [7, 11) is 1.21. The maximum atomic E-state index is 13.2. The third-order valence-electron chi connectivity index (χ3n) is 7.76. The van der Waals surface area contributed by atoms with Gasteiger partial charge >= 0.3 is 11.9 Å². The molecule has 47 heavy (non-hydrogen) atoms. The first-order chi connectivity index (χ1) is 22.4. The molecule has 0 atom stereocenters. The summed E-state index contributed by atoms with van der Waals surface area (Å²) >= 11 is 0. The van der Waals surface area contributed by atoms with Gasteiger partial charge in [0.25, 0.3) is 5.91 Å². The van der Waals surface area contributed by atoms with Crippen molar-refractivity contribution in [3.8, 4) is 0 Å². The van der Waals surface area contributed by atoms with Gasteiger partial charge in [0.15, 0.2) is 0 Å². The first-order valence-electron chi connectivity index (χ1n) is 17.4. The summed E-state index contributed by atoms with van der Waals surface area (Å²) in [6, 6.07) is 8.80. The number of anilines is 3. The predicted octanol–water partition coefficient (Wildman–Crippen LogP) is 9.46. The maximum Gasteiger partial charge on any atom is 0.338 e. The lowest BCUT2D eigenvalue weighted by Gasteiger charge is -2.20. The van der Waals surface area contributed by atoms with Gasteiger partial charge in [-0.3, -0.25) is 9.59 Å². The van der Waals surface area contributed by atoms with E-state index in [1.54, 1.807) is 39.0 Å². The highest BCUT2D eigenvalue weighted by Crippen LogP contribution is 2.23. The quantitative estimate of drug-likeness (QED) is 0.0694. The molecule has 0 saturated carbocycles. The Morgan fingerprint density at radius 1 is 0.617 bits per heavy atom. The molecule has 0 heterocycles. The zero-order valence-corrected chi connectivity index (χ0v) is 29.3. The Labute approximate surface area is 281 Å². The molecule has 2 aromatic carbocycles. The number of hydrogen-bond acceptors (Lipinski definition) is 7. The van der Waals surface area contributed by atoms with Crippen molar-refractivity contribution < 1.29 is 28.7 Å². The van der Waals surface area contributed by atoms with Gasteiger partial charge in [-0.2, -0.15) is 0 Å². The molecular formula is C38H57N3O6. The minimum absolute atomic E-state index is 0.0281. The van der Waals surface area contributed by atoms with Crippen LogP contribution < -0.4 is 16.4 Å². The molecule has 260 valence electrons. The van der Waals surface area contributed by atoms with Crippen LogP contribution >= 0.6 is 0 Å². The average molecular weight is 652 g/mol. The second-order valence-electron chi connectivity index (χ2n) is 13.3. The van der Waals surface area contributed by atoms with Gasteiger partial charge in [0.05, 0.1) is 18.2 Å². The Balaban J connectivity index is 1.80. The summed E-state index contributed by atoms with van der Waals surface area (Å²) in [6.07, 6.45) is 19.4. The number of rotatable bonds is 21. The number of unbranched alkanes of at least 4 members (excludes halogenated alkanes) is 14. The van der Waals surface area contributed by atoms with Crippen LogP contribution in [-0.4, -0.2) is 36.5 Å². The van der Waals surface area contributed by atoms with Gasteiger partial charge in [0.2, 0.25) is 5.91 Å². The fourth-order valence-corrected chi connectivity index (χ4v) is 5.33. The molecule has 0 aliphatic heterocycles. The summed E-state index contributed by atoms with van der Waals surface area (Å²) < 4.78 is 10.2. The lowest BCUT2D eigenvalue weighted by atomic mass is 10.0. The largest absolute Gasteiger partial charge is 0.465 e. The van der Waals surface area contributed by atoms with Crippen LogP contribution in [0, 0.1) is 0 Å². The number of methoxy groups -OCH3 is 1. The van der Waals surface area contributed by atoms with E-state index in [-0.39, 0.29) is 22.6 Å². The van der Waals surface area contributed by atoms with Crippen LogP contribution in [0.1, 0.15) is 162 Å². The number of esters is 2. The van der Waals surface area contributed by atoms with Crippen LogP contribution in [0.3, 0.4) is 0 Å². The molecule has 2 amide bonds. The second kappa shape index (κ2) is 21.1. The molecule has 0 aliphatic rings. The maximum absolute atomic E-state index is 13.2. The lowest BCUT2D eigenvalue weighted by Crippen LogP contribution is -2.24. The van der Waals surface area contributed by atoms with Gasteiger partial charge in [-0.05, 0) is 63.6 Å². The highest BCUT2D eigenvalue weighted by molar-refractivity contribution is 6.08. The van der Waals surface area contributed by atoms with Crippen molar-refractivity contribution in [3.63, 3.8) is 0 Å². The normalized spacial score (nSPS) is 11.2. The van der Waals surface area contributed by atoms with Crippen molar-refractivity contribution in [1.82, 2.24) is 0 Å². The van der Waals surface area contributed by atoms with E-state index in [1.165, 1.54) is 102 Å². The monoisotopic (exact) mass is 651 g/mol. The van der Waals surface area contributed by atoms with Gasteiger partial charge < -0.3 is 25.8 Å². The van der Waals surface area contributed by atoms with Crippen LogP contribution in [0.4, 0.5) is 17.1 Å². The standard InChI is InChI=1S/C38H57N3O6/c1-6-7-8-9-10-11-12-13-14-15-16-17-18-19-20-21-34(42)40-32-25-31(39)26-33(27-32)41-35(43)28-22-29(36(44)46-5)24-30(23-28)37(45)47-38(2,3)4/h22-27H,6-21,39H2,1-5H3,(H,40,42)(H,41,43). The summed E-state index contributed by atoms with van der Waals surface area (Å²) in [5, 5.41) is 5.61. The average Bonchev–Trinajstić information content (AvgIpc) is 3.01. The van der Waals surface area contributed by atoms with Crippen LogP contribution in [0.25, 0.3) is 0 Å². The highest BCUT2D eigenvalue weighted by Gasteiger charge is 2.22. The Kier molecular flexibility index (Phi) is 17.6. The van der Waals surface area contributed by atoms with E-state index >= 15 is 0 Å². The molecule has 0 bridgehead atoms. The number of benzene rings is 2. The van der Waals surface area contributed by atoms with E-state index in [2.05, 4.69) is 17.6 Å². The minimum atomic E-state index is -0.768. The van der Waals surface area contributed by atoms with Crippen molar-refractivity contribution in [2.45, 2.75) is 136 Å². The van der Waals surface area contributed by atoms with E-state index in [4.69, 9.17) is 15.2 Å². The van der Waals surface area contributed by atoms with Crippen LogP contribution in [0.15, 0.2) is 36.4 Å². The van der Waals surface area contributed by atoms with Crippen molar-refractivity contribution in [1.29, 1.82) is 0 Å². The number of nitrogens with one attached hydrogen (secondary N) is 2. The molecule has 9 heteroatoms. The summed E-state index contributed by atoms with van der Waals surface area (Å²) in [6.45, 7) is 7.42. The summed E-state index contributed by atoms with van der Waals surface area (Å²) in [5.41, 5.74) is 6.57. The SMILES string of the molecule is CCCCCCCCCCCCCCCCCC(=O)Nc1cc(N)cc(NC(=O)c2cc(C(=O)OC)cc(C(=O)OC(C)(C)C)c2)c1. The van der Waals surface area contributed by atoms with E-state index in [1.807, 2.05) is 0 Å². The third-order valence-corrected chi connectivity index (χ3v) is 7.76. The number of hydrogen-bond donors (Lipinski definition) is 3. The summed E-state index contributed by atoms with van der Waals surface area (Å²) in [5.74, 6) is -2.08. The molecule has 0 radical (unpaired) electrons. The van der Waals surface area contributed by atoms with Gasteiger partial charge in [0, 0.05) is 29.0 Å². The van der Waals surface area contributed by atoms with Gasteiger partial charge in [-0.15, -0.1) is 0 Å². The number of carbonyl (C=O) groups is 4. The first-order valence-corrected chi connectivity index (χ1v) is 17.4. The molecule has 0 spiro atoms. The van der Waals surface area contributed by atoms with Crippen molar-refractivity contribution >= 4 is 40.8 Å². The molecule has 2 rings (SSSR count). The number of nitrogen functional groups attached to an aromatic ring is 1. The van der Waals surface area contributed by atoms with Crippen molar-refractivity contribution in [3.05, 3.63) is 53.1 Å². The van der Waals surface area contributed by atoms with Gasteiger partial charge in [0.1, 0.15) is 5.60 Å². The van der Waals surface area contributed by atoms with E-state index in [0.29, 0.717) is 23.5 Å². The molecular weight excluding hydrogens is 594 g/mol. The van der Waals surface area contributed by atoms with Gasteiger partial charge in [-0.25, -0.2) is 9.59 Å². The second-order valence-corrected chi connectivity index (χ2v) is 13.3. The Bertz CT molecular complexity index is 1300. The number of ether oxygens (including phenoxy) is 2. The van der Waals surface area contributed by atoms with Crippen molar-refractivity contribution in [2.24, 2.45) is 0 Å². The third kappa shape index (κ3) is 16.5. The molecule has 0 fully saturated rings. The highest BCUT2D eigenvalue weighted by atomic mass is 16.6. The van der Waals surface area contributed by atoms with E-state index in [0.717, 1.165) is 19.3 Å². The summed E-state index contributed by atoms with van der Waals surface area (Å²) in [4.78, 5) is 50.8. The number of amides is 2. The smallest absolute Gasteiger partial charge is 0.338 e. The molecule has 2 aromatic rings.